The number of sulfonamides is 1. The monoisotopic (exact) mass is 283 g/mol. The Kier molecular flexibility index (Phi) is 4.60. The lowest BCUT2D eigenvalue weighted by Crippen LogP contribution is -2.40. The van der Waals surface area contributed by atoms with Gasteiger partial charge in [0, 0.05) is 19.7 Å². The minimum atomic E-state index is -3.38. The maximum absolute atomic E-state index is 12.6. The first kappa shape index (κ1) is 14.5. The molecule has 0 amide bonds. The molecule has 0 radical (unpaired) electrons. The zero-order valence-corrected chi connectivity index (χ0v) is 12.1. The zero-order valence-electron chi connectivity index (χ0n) is 11.2. The Morgan fingerprint density at radius 2 is 2.21 bits per heavy atom. The lowest BCUT2D eigenvalue weighted by molar-refractivity contribution is 0.203. The van der Waals surface area contributed by atoms with E-state index in [2.05, 4.69) is 0 Å². The van der Waals surface area contributed by atoms with Crippen molar-refractivity contribution in [3.63, 3.8) is 0 Å². The predicted molar refractivity (Wildman–Crippen MR) is 74.4 cm³/mol. The second-order valence-electron chi connectivity index (χ2n) is 5.20. The molecule has 1 aliphatic heterocycles. The van der Waals surface area contributed by atoms with Crippen LogP contribution < -0.4 is 0 Å². The number of hydrogen-bond acceptors (Lipinski definition) is 3. The van der Waals surface area contributed by atoms with E-state index < -0.39 is 10.0 Å². The van der Waals surface area contributed by atoms with Crippen molar-refractivity contribution in [2.75, 3.05) is 19.7 Å². The van der Waals surface area contributed by atoms with Crippen LogP contribution in [0.4, 0.5) is 0 Å². The maximum atomic E-state index is 12.6. The van der Waals surface area contributed by atoms with Gasteiger partial charge in [0.1, 0.15) is 0 Å². The van der Waals surface area contributed by atoms with E-state index >= 15 is 0 Å². The van der Waals surface area contributed by atoms with Gasteiger partial charge in [0.2, 0.25) is 10.0 Å². The highest BCUT2D eigenvalue weighted by Gasteiger charge is 2.29. The second-order valence-corrected chi connectivity index (χ2v) is 7.14. The van der Waals surface area contributed by atoms with E-state index in [0.29, 0.717) is 24.4 Å². The fraction of sp³-hybridized carbons (Fsp3) is 0.571. The average molecular weight is 283 g/mol. The molecule has 1 aliphatic rings. The van der Waals surface area contributed by atoms with Crippen molar-refractivity contribution in [1.29, 1.82) is 0 Å². The first-order valence-electron chi connectivity index (χ1n) is 6.71. The Balaban J connectivity index is 2.19. The summed E-state index contributed by atoms with van der Waals surface area (Å²) in [7, 11) is -3.38. The van der Waals surface area contributed by atoms with Crippen LogP contribution in [0, 0.1) is 12.8 Å². The highest BCUT2D eigenvalue weighted by molar-refractivity contribution is 7.89. The molecule has 1 N–H and O–H groups in total. The van der Waals surface area contributed by atoms with Crippen LogP contribution >= 0.6 is 0 Å². The lowest BCUT2D eigenvalue weighted by Gasteiger charge is -2.31. The van der Waals surface area contributed by atoms with Gasteiger partial charge in [-0.05, 0) is 49.8 Å². The van der Waals surface area contributed by atoms with Crippen LogP contribution in [0.5, 0.6) is 0 Å². The highest BCUT2D eigenvalue weighted by Crippen LogP contribution is 2.25. The largest absolute Gasteiger partial charge is 0.396 e. The van der Waals surface area contributed by atoms with E-state index in [1.807, 2.05) is 13.0 Å². The molecule has 0 aliphatic carbocycles. The van der Waals surface area contributed by atoms with Gasteiger partial charge in [-0.2, -0.15) is 4.31 Å². The molecule has 1 saturated heterocycles. The Morgan fingerprint density at radius 1 is 1.42 bits per heavy atom. The third-order valence-electron chi connectivity index (χ3n) is 3.65. The van der Waals surface area contributed by atoms with Gasteiger partial charge in [0.05, 0.1) is 4.90 Å². The smallest absolute Gasteiger partial charge is 0.243 e. The molecule has 1 atom stereocenters. The molecule has 1 aromatic rings. The van der Waals surface area contributed by atoms with Gasteiger partial charge in [0.25, 0.3) is 0 Å². The highest BCUT2D eigenvalue weighted by atomic mass is 32.2. The fourth-order valence-corrected chi connectivity index (χ4v) is 4.25. The first-order chi connectivity index (χ1) is 9.04. The van der Waals surface area contributed by atoms with Crippen molar-refractivity contribution in [1.82, 2.24) is 4.31 Å². The van der Waals surface area contributed by atoms with Crippen LogP contribution in [0.25, 0.3) is 0 Å². The molecular weight excluding hydrogens is 262 g/mol. The van der Waals surface area contributed by atoms with E-state index in [1.165, 1.54) is 0 Å². The van der Waals surface area contributed by atoms with E-state index in [9.17, 15) is 8.42 Å². The molecule has 1 aromatic carbocycles. The third kappa shape index (κ3) is 3.35. The van der Waals surface area contributed by atoms with Crippen molar-refractivity contribution in [3.8, 4) is 0 Å². The van der Waals surface area contributed by atoms with Gasteiger partial charge in [0.15, 0.2) is 0 Å². The number of hydrogen-bond donors (Lipinski definition) is 1. The summed E-state index contributed by atoms with van der Waals surface area (Å²) >= 11 is 0. The minimum Gasteiger partial charge on any atom is -0.396 e. The number of rotatable bonds is 4. The lowest BCUT2D eigenvalue weighted by atomic mass is 9.97. The van der Waals surface area contributed by atoms with Crippen LogP contribution in [-0.2, 0) is 10.0 Å². The summed E-state index contributed by atoms with van der Waals surface area (Å²) < 4.78 is 26.7. The molecular formula is C14H21NO3S. The number of piperidine rings is 1. The van der Waals surface area contributed by atoms with Gasteiger partial charge in [-0.25, -0.2) is 8.42 Å². The quantitative estimate of drug-likeness (QED) is 0.916. The molecule has 4 nitrogen and oxygen atoms in total. The second kappa shape index (κ2) is 6.03. The van der Waals surface area contributed by atoms with E-state index in [0.717, 1.165) is 18.4 Å². The van der Waals surface area contributed by atoms with Crippen molar-refractivity contribution in [3.05, 3.63) is 29.8 Å². The van der Waals surface area contributed by atoms with Crippen molar-refractivity contribution >= 4 is 10.0 Å². The summed E-state index contributed by atoms with van der Waals surface area (Å²) in [6.07, 6.45) is 2.55. The molecule has 1 heterocycles. The summed E-state index contributed by atoms with van der Waals surface area (Å²) in [5, 5.41) is 8.99. The van der Waals surface area contributed by atoms with Gasteiger partial charge >= 0.3 is 0 Å². The van der Waals surface area contributed by atoms with Crippen LogP contribution in [0.2, 0.25) is 0 Å². The van der Waals surface area contributed by atoms with E-state index in [-0.39, 0.29) is 12.5 Å². The molecule has 0 bridgehead atoms. The molecule has 1 fully saturated rings. The predicted octanol–water partition coefficient (Wildman–Crippen LogP) is 1.78. The van der Waals surface area contributed by atoms with Crippen LogP contribution in [0.3, 0.4) is 0 Å². The molecule has 5 heteroatoms. The Bertz CT molecular complexity index is 525. The Labute approximate surface area is 115 Å². The summed E-state index contributed by atoms with van der Waals surface area (Å²) in [6.45, 7) is 3.13. The van der Waals surface area contributed by atoms with Gasteiger partial charge in [-0.15, -0.1) is 0 Å². The van der Waals surface area contributed by atoms with Crippen molar-refractivity contribution < 1.29 is 13.5 Å². The molecule has 106 valence electrons. The summed E-state index contributed by atoms with van der Waals surface area (Å²) in [4.78, 5) is 0.372. The van der Waals surface area contributed by atoms with Crippen molar-refractivity contribution in [2.45, 2.75) is 31.1 Å². The number of aliphatic hydroxyl groups is 1. The van der Waals surface area contributed by atoms with Crippen LogP contribution in [0.15, 0.2) is 29.2 Å². The standard InChI is InChI=1S/C14H21NO3S/c1-12-4-2-6-14(10-12)19(17,18)15-8-3-5-13(11-15)7-9-16/h2,4,6,10,13,16H,3,5,7-9,11H2,1H3. The Hall–Kier alpha value is -0.910. The Morgan fingerprint density at radius 3 is 2.89 bits per heavy atom. The summed E-state index contributed by atoms with van der Waals surface area (Å²) in [6, 6.07) is 7.03. The maximum Gasteiger partial charge on any atom is 0.243 e. The van der Waals surface area contributed by atoms with Gasteiger partial charge < -0.3 is 5.11 Å². The normalized spacial score (nSPS) is 21.5. The number of benzene rings is 1. The fourth-order valence-electron chi connectivity index (χ4n) is 2.59. The molecule has 1 unspecified atom stereocenters. The molecule has 0 saturated carbocycles. The molecule has 0 spiro atoms. The van der Waals surface area contributed by atoms with Gasteiger partial charge in [-0.3, -0.25) is 0 Å². The minimum absolute atomic E-state index is 0.128. The molecule has 19 heavy (non-hydrogen) atoms. The molecule has 2 rings (SSSR count). The number of aryl methyl sites for hydroxylation is 1. The topological polar surface area (TPSA) is 57.6 Å². The van der Waals surface area contributed by atoms with Crippen LogP contribution in [-0.4, -0.2) is 37.5 Å². The average Bonchev–Trinajstić information content (AvgIpc) is 2.39. The van der Waals surface area contributed by atoms with E-state index in [1.54, 1.807) is 22.5 Å². The molecule has 0 aromatic heterocycles. The van der Waals surface area contributed by atoms with Gasteiger partial charge in [-0.1, -0.05) is 12.1 Å². The van der Waals surface area contributed by atoms with Crippen LogP contribution in [0.1, 0.15) is 24.8 Å². The van der Waals surface area contributed by atoms with Crippen molar-refractivity contribution in [2.24, 2.45) is 5.92 Å². The number of nitrogens with zero attached hydrogens (tertiary/aromatic N) is 1. The third-order valence-corrected chi connectivity index (χ3v) is 5.51. The summed E-state index contributed by atoms with van der Waals surface area (Å²) in [5.74, 6) is 0.276. The zero-order chi connectivity index (χ0) is 13.9. The number of aliphatic hydroxyl groups excluding tert-OH is 1. The SMILES string of the molecule is Cc1cccc(S(=O)(=O)N2CCCC(CCO)C2)c1. The first-order valence-corrected chi connectivity index (χ1v) is 8.15. The van der Waals surface area contributed by atoms with E-state index in [4.69, 9.17) is 5.11 Å². The summed E-state index contributed by atoms with van der Waals surface area (Å²) in [5.41, 5.74) is 0.949.